The second kappa shape index (κ2) is 6.80. The highest BCUT2D eigenvalue weighted by Crippen LogP contribution is 2.24. The van der Waals surface area contributed by atoms with Gasteiger partial charge in [0.25, 0.3) is 5.56 Å². The number of nitrogens with one attached hydrogen (secondary N) is 1. The number of benzene rings is 1. The molecule has 1 amide bonds. The maximum Gasteiger partial charge on any atom is 0.280 e. The lowest BCUT2D eigenvalue weighted by atomic mass is 10.2. The summed E-state index contributed by atoms with van der Waals surface area (Å²) in [7, 11) is 1.54. The van der Waals surface area contributed by atoms with E-state index in [1.807, 2.05) is 59.4 Å². The van der Waals surface area contributed by atoms with E-state index < -0.39 is 6.04 Å². The van der Waals surface area contributed by atoms with Gasteiger partial charge in [-0.05, 0) is 38.1 Å². The number of aryl methyl sites for hydroxylation is 1. The van der Waals surface area contributed by atoms with Gasteiger partial charge in [0.1, 0.15) is 16.9 Å². The van der Waals surface area contributed by atoms with Gasteiger partial charge in [-0.15, -0.1) is 0 Å². The third kappa shape index (κ3) is 2.70. The summed E-state index contributed by atoms with van der Waals surface area (Å²) in [6, 6.07) is 12.6. The minimum atomic E-state index is -0.738. The molecule has 0 aliphatic rings. The van der Waals surface area contributed by atoms with E-state index in [9.17, 15) is 9.59 Å². The zero-order valence-electron chi connectivity index (χ0n) is 15.8. The predicted octanol–water partition coefficient (Wildman–Crippen LogP) is 1.99. The topological polar surface area (TPSA) is 86.7 Å². The minimum Gasteiger partial charge on any atom is -0.357 e. The van der Waals surface area contributed by atoms with Crippen LogP contribution in [0.4, 0.5) is 0 Å². The molecule has 4 rings (SSSR count). The molecule has 4 aromatic rings. The highest BCUT2D eigenvalue weighted by molar-refractivity contribution is 5.88. The van der Waals surface area contributed by atoms with E-state index in [-0.39, 0.29) is 11.5 Å². The molecule has 3 heterocycles. The monoisotopic (exact) mass is 376 g/mol. The second-order valence-electron chi connectivity index (χ2n) is 6.51. The number of carbonyl (C=O) groups is 1. The summed E-state index contributed by atoms with van der Waals surface area (Å²) in [5.41, 5.74) is 1.56. The normalized spacial score (nSPS) is 12.2. The van der Waals surface area contributed by atoms with Crippen molar-refractivity contribution in [2.24, 2.45) is 0 Å². The summed E-state index contributed by atoms with van der Waals surface area (Å²) in [5, 5.41) is 12.0. The molecule has 0 aliphatic carbocycles. The number of carbonyl (C=O) groups excluding carboxylic acids is 1. The first-order chi connectivity index (χ1) is 13.5. The lowest BCUT2D eigenvalue weighted by Gasteiger charge is -2.13. The Morgan fingerprint density at radius 2 is 1.75 bits per heavy atom. The Hall–Kier alpha value is -3.68. The highest BCUT2D eigenvalue weighted by atomic mass is 16.2. The number of rotatable bonds is 4. The summed E-state index contributed by atoms with van der Waals surface area (Å²) >= 11 is 0. The molecule has 8 heteroatoms. The van der Waals surface area contributed by atoms with Crippen LogP contribution in [0.2, 0.25) is 0 Å². The zero-order chi connectivity index (χ0) is 19.8. The molecule has 0 aliphatic heterocycles. The van der Waals surface area contributed by atoms with Gasteiger partial charge in [-0.2, -0.15) is 10.2 Å². The van der Waals surface area contributed by atoms with Crippen LogP contribution in [0.5, 0.6) is 0 Å². The van der Waals surface area contributed by atoms with Crippen LogP contribution in [0.3, 0.4) is 0 Å². The number of amides is 1. The summed E-state index contributed by atoms with van der Waals surface area (Å²) < 4.78 is 4.80. The van der Waals surface area contributed by atoms with Crippen LogP contribution in [0.1, 0.15) is 18.7 Å². The molecule has 142 valence electrons. The Morgan fingerprint density at radius 3 is 2.39 bits per heavy atom. The van der Waals surface area contributed by atoms with E-state index in [2.05, 4.69) is 15.5 Å². The molecule has 0 saturated heterocycles. The average Bonchev–Trinajstić information content (AvgIpc) is 3.38. The third-order valence-corrected chi connectivity index (χ3v) is 4.73. The molecule has 1 N–H and O–H groups in total. The first-order valence-electron chi connectivity index (χ1n) is 8.95. The van der Waals surface area contributed by atoms with Crippen molar-refractivity contribution in [2.45, 2.75) is 19.9 Å². The number of para-hydroxylation sites is 1. The van der Waals surface area contributed by atoms with Gasteiger partial charge in [0.2, 0.25) is 5.91 Å². The van der Waals surface area contributed by atoms with Gasteiger partial charge in [-0.1, -0.05) is 18.2 Å². The van der Waals surface area contributed by atoms with E-state index in [1.54, 1.807) is 18.5 Å². The molecule has 0 unspecified atom stereocenters. The van der Waals surface area contributed by atoms with Crippen molar-refractivity contribution in [3.05, 3.63) is 70.9 Å². The number of nitrogens with zero attached hydrogens (tertiary/aromatic N) is 5. The number of aromatic nitrogens is 5. The van der Waals surface area contributed by atoms with E-state index in [0.29, 0.717) is 22.4 Å². The molecule has 1 aromatic carbocycles. The third-order valence-electron chi connectivity index (χ3n) is 4.73. The molecular formula is C20H20N6O2. The summed E-state index contributed by atoms with van der Waals surface area (Å²) in [4.78, 5) is 25.5. The number of hydrogen-bond acceptors (Lipinski definition) is 4. The summed E-state index contributed by atoms with van der Waals surface area (Å²) in [6.45, 7) is 3.44. The minimum absolute atomic E-state index is 0.286. The molecule has 8 nitrogen and oxygen atoms in total. The van der Waals surface area contributed by atoms with Gasteiger partial charge >= 0.3 is 0 Å². The van der Waals surface area contributed by atoms with E-state index >= 15 is 0 Å². The van der Waals surface area contributed by atoms with E-state index in [0.717, 1.165) is 5.69 Å². The average molecular weight is 376 g/mol. The predicted molar refractivity (Wildman–Crippen MR) is 106 cm³/mol. The molecular weight excluding hydrogens is 356 g/mol. The Balaban J connectivity index is 2.10. The van der Waals surface area contributed by atoms with Crippen LogP contribution < -0.4 is 10.9 Å². The molecule has 0 saturated carbocycles. The maximum atomic E-state index is 13.4. The fourth-order valence-electron chi connectivity index (χ4n) is 3.27. The van der Waals surface area contributed by atoms with Crippen LogP contribution in [0.25, 0.3) is 22.4 Å². The Morgan fingerprint density at radius 1 is 1.07 bits per heavy atom. The van der Waals surface area contributed by atoms with Crippen LogP contribution in [-0.4, -0.2) is 37.1 Å². The fourth-order valence-corrected chi connectivity index (χ4v) is 3.27. The number of likely N-dealkylation sites (N-methyl/N-ethyl adjacent to an activating group) is 1. The zero-order valence-corrected chi connectivity index (χ0v) is 15.8. The largest absolute Gasteiger partial charge is 0.357 e. The van der Waals surface area contributed by atoms with Crippen molar-refractivity contribution in [3.63, 3.8) is 0 Å². The summed E-state index contributed by atoms with van der Waals surface area (Å²) in [5.74, 6) is 0.325. The van der Waals surface area contributed by atoms with Gasteiger partial charge in [-0.3, -0.25) is 9.59 Å². The second-order valence-corrected chi connectivity index (χ2v) is 6.51. The first-order valence-corrected chi connectivity index (χ1v) is 8.95. The fraction of sp³-hybridized carbons (Fsp3) is 0.200. The van der Waals surface area contributed by atoms with Crippen LogP contribution >= 0.6 is 0 Å². The van der Waals surface area contributed by atoms with E-state index in [1.165, 1.54) is 11.7 Å². The molecule has 0 fully saturated rings. The van der Waals surface area contributed by atoms with Crippen molar-refractivity contribution in [1.29, 1.82) is 0 Å². The Labute approximate surface area is 161 Å². The van der Waals surface area contributed by atoms with Crippen molar-refractivity contribution >= 4 is 16.8 Å². The lowest BCUT2D eigenvalue weighted by Crippen LogP contribution is -2.36. The van der Waals surface area contributed by atoms with Crippen molar-refractivity contribution in [1.82, 2.24) is 29.4 Å². The lowest BCUT2D eigenvalue weighted by molar-refractivity contribution is -0.123. The molecule has 3 aromatic heterocycles. The Bertz CT molecular complexity index is 1210. The van der Waals surface area contributed by atoms with Crippen molar-refractivity contribution < 1.29 is 4.79 Å². The molecule has 0 spiro atoms. The van der Waals surface area contributed by atoms with Gasteiger partial charge in [0, 0.05) is 19.4 Å². The van der Waals surface area contributed by atoms with E-state index in [4.69, 9.17) is 0 Å². The maximum absolute atomic E-state index is 13.4. The standard InChI is InChI=1S/C20H20N6O2/c1-13-17-16(20(28)25(22-13)14(2)18(27)21-3)19(24-11-7-8-12-24)26(23-17)15-9-5-4-6-10-15/h4-12,14H,1-3H3,(H,21,27)/t14-/m0/s1. The highest BCUT2D eigenvalue weighted by Gasteiger charge is 2.24. The number of hydrogen-bond donors (Lipinski definition) is 1. The van der Waals surface area contributed by atoms with Crippen molar-refractivity contribution in [2.75, 3.05) is 7.05 Å². The van der Waals surface area contributed by atoms with Crippen LogP contribution in [0.15, 0.2) is 59.7 Å². The van der Waals surface area contributed by atoms with Gasteiger partial charge in [-0.25, -0.2) is 9.36 Å². The van der Waals surface area contributed by atoms with Gasteiger partial charge in [0.15, 0.2) is 5.82 Å². The molecule has 28 heavy (non-hydrogen) atoms. The molecule has 1 atom stereocenters. The first kappa shape index (κ1) is 17.7. The smallest absolute Gasteiger partial charge is 0.280 e. The van der Waals surface area contributed by atoms with Crippen molar-refractivity contribution in [3.8, 4) is 11.5 Å². The quantitative estimate of drug-likeness (QED) is 0.590. The molecule has 0 radical (unpaired) electrons. The van der Waals surface area contributed by atoms with Gasteiger partial charge < -0.3 is 9.88 Å². The Kier molecular flexibility index (Phi) is 4.31. The molecule has 0 bridgehead atoms. The summed E-state index contributed by atoms with van der Waals surface area (Å²) in [6.07, 6.45) is 3.72. The van der Waals surface area contributed by atoms with Gasteiger partial charge in [0.05, 0.1) is 11.4 Å². The SMILES string of the molecule is CNC(=O)[C@H](C)n1nc(C)c2nn(-c3ccccc3)c(-n3cccc3)c2c1=O. The van der Waals surface area contributed by atoms with Crippen LogP contribution in [0, 0.1) is 6.92 Å². The van der Waals surface area contributed by atoms with Crippen LogP contribution in [-0.2, 0) is 4.79 Å². The number of fused-ring (bicyclic) bond motifs is 1.